The van der Waals surface area contributed by atoms with Gasteiger partial charge in [0, 0.05) is 11.9 Å². The fraction of sp³-hybridized carbons (Fsp3) is 0.333. The Morgan fingerprint density at radius 2 is 1.92 bits per heavy atom. The zero-order valence-electron chi connectivity index (χ0n) is 7.78. The molecule has 0 radical (unpaired) electrons. The van der Waals surface area contributed by atoms with Crippen molar-refractivity contribution in [2.45, 2.75) is 13.1 Å². The van der Waals surface area contributed by atoms with Crippen LogP contribution in [0.3, 0.4) is 0 Å². The summed E-state index contributed by atoms with van der Waals surface area (Å²) in [5, 5.41) is 3.17. The van der Waals surface area contributed by atoms with Crippen molar-refractivity contribution in [3.05, 3.63) is 30.3 Å². The largest absolute Gasteiger partial charge is 0.369 e. The van der Waals surface area contributed by atoms with Crippen LogP contribution in [0.5, 0.6) is 0 Å². The average molecular weight is 198 g/mol. The van der Waals surface area contributed by atoms with Gasteiger partial charge >= 0.3 is 0 Å². The molecule has 0 fully saturated rings. The van der Waals surface area contributed by atoms with Gasteiger partial charge in [0.05, 0.1) is 17.2 Å². The van der Waals surface area contributed by atoms with Gasteiger partial charge in [0.1, 0.15) is 0 Å². The van der Waals surface area contributed by atoms with Crippen molar-refractivity contribution < 1.29 is 4.21 Å². The smallest absolute Gasteiger partial charge is 0.0901 e. The van der Waals surface area contributed by atoms with Gasteiger partial charge in [0.2, 0.25) is 0 Å². The van der Waals surface area contributed by atoms with Crippen molar-refractivity contribution in [2.75, 3.05) is 11.6 Å². The molecule has 0 aliphatic rings. The minimum atomic E-state index is -0.982. The molecule has 2 unspecified atom stereocenters. The van der Waals surface area contributed by atoms with E-state index in [9.17, 15) is 4.21 Å². The highest BCUT2D eigenvalue weighted by Gasteiger charge is 2.00. The number of nitrogens with one attached hydrogen (secondary N) is 2. The van der Waals surface area contributed by atoms with Crippen LogP contribution in [0.4, 0.5) is 5.69 Å². The van der Waals surface area contributed by atoms with E-state index in [1.165, 1.54) is 0 Å². The molecule has 0 spiro atoms. The van der Waals surface area contributed by atoms with Crippen LogP contribution in [0.25, 0.3) is 0 Å². The molecular formula is C9H14N2OS. The normalized spacial score (nSPS) is 14.9. The fourth-order valence-electron chi connectivity index (χ4n) is 1.06. The van der Waals surface area contributed by atoms with E-state index in [0.29, 0.717) is 0 Å². The Balaban J connectivity index is 2.45. The number of hydrogen-bond donors (Lipinski definition) is 2. The first-order valence-corrected chi connectivity index (χ1v) is 5.65. The van der Waals surface area contributed by atoms with Crippen LogP contribution in [-0.2, 0) is 11.0 Å². The molecule has 0 aliphatic carbocycles. The molecule has 0 heterocycles. The molecule has 13 heavy (non-hydrogen) atoms. The summed E-state index contributed by atoms with van der Waals surface area (Å²) in [7, 11) is -0.982. The highest BCUT2D eigenvalue weighted by atomic mass is 32.2. The van der Waals surface area contributed by atoms with Gasteiger partial charge in [-0.1, -0.05) is 18.2 Å². The zero-order chi connectivity index (χ0) is 9.68. The minimum absolute atomic E-state index is 0.00762. The van der Waals surface area contributed by atoms with Crippen LogP contribution < -0.4 is 10.0 Å². The van der Waals surface area contributed by atoms with Gasteiger partial charge in [-0.15, -0.1) is 0 Å². The van der Waals surface area contributed by atoms with Gasteiger partial charge in [-0.2, -0.15) is 0 Å². The molecule has 2 atom stereocenters. The first-order valence-electron chi connectivity index (χ1n) is 4.09. The Morgan fingerprint density at radius 3 is 2.46 bits per heavy atom. The first-order chi connectivity index (χ1) is 6.18. The molecule has 1 aromatic rings. The Labute approximate surface area is 81.1 Å². The van der Waals surface area contributed by atoms with E-state index in [0.717, 1.165) is 5.69 Å². The van der Waals surface area contributed by atoms with E-state index in [1.54, 1.807) is 6.26 Å². The van der Waals surface area contributed by atoms with Crippen molar-refractivity contribution in [1.29, 1.82) is 0 Å². The summed E-state index contributed by atoms with van der Waals surface area (Å²) in [5.74, 6) is 0. The van der Waals surface area contributed by atoms with Crippen LogP contribution >= 0.6 is 0 Å². The Hall–Kier alpha value is -0.870. The summed E-state index contributed by atoms with van der Waals surface area (Å²) < 4.78 is 13.7. The number of para-hydroxylation sites is 1. The number of rotatable bonds is 4. The van der Waals surface area contributed by atoms with Gasteiger partial charge in [0.25, 0.3) is 0 Å². The predicted molar refractivity (Wildman–Crippen MR) is 56.7 cm³/mol. The van der Waals surface area contributed by atoms with Gasteiger partial charge in [-0.25, -0.2) is 8.93 Å². The van der Waals surface area contributed by atoms with Crippen LogP contribution in [0.15, 0.2) is 30.3 Å². The second-order valence-corrected chi connectivity index (χ2v) is 3.95. The molecule has 3 nitrogen and oxygen atoms in total. The molecule has 0 amide bonds. The quantitative estimate of drug-likeness (QED) is 0.717. The standard InChI is InChI=1S/C9H14N2OS/c1-8(11-13(2)12)10-9-6-4-3-5-7-9/h3-8,10-11H,1-2H3. The Morgan fingerprint density at radius 1 is 1.31 bits per heavy atom. The Bertz CT molecular complexity index is 276. The summed E-state index contributed by atoms with van der Waals surface area (Å²) in [5.41, 5.74) is 1.02. The predicted octanol–water partition coefficient (Wildman–Crippen LogP) is 1.33. The van der Waals surface area contributed by atoms with E-state index in [1.807, 2.05) is 37.3 Å². The van der Waals surface area contributed by atoms with Crippen molar-refractivity contribution in [3.8, 4) is 0 Å². The molecule has 0 saturated heterocycles. The topological polar surface area (TPSA) is 41.1 Å². The maximum Gasteiger partial charge on any atom is 0.0901 e. The molecule has 72 valence electrons. The van der Waals surface area contributed by atoms with Gasteiger partial charge in [0.15, 0.2) is 0 Å². The lowest BCUT2D eigenvalue weighted by molar-refractivity contribution is 0.663. The average Bonchev–Trinajstić information content (AvgIpc) is 2.04. The fourth-order valence-corrected chi connectivity index (χ4v) is 1.62. The van der Waals surface area contributed by atoms with Gasteiger partial charge < -0.3 is 5.32 Å². The van der Waals surface area contributed by atoms with Gasteiger partial charge in [-0.3, -0.25) is 0 Å². The van der Waals surface area contributed by atoms with Crippen molar-refractivity contribution in [3.63, 3.8) is 0 Å². The Kier molecular flexibility index (Phi) is 3.92. The third-order valence-corrected chi connectivity index (χ3v) is 2.19. The first kappa shape index (κ1) is 10.2. The van der Waals surface area contributed by atoms with Crippen molar-refractivity contribution >= 4 is 16.7 Å². The van der Waals surface area contributed by atoms with E-state index in [4.69, 9.17) is 0 Å². The van der Waals surface area contributed by atoms with Crippen LogP contribution in [0, 0.1) is 0 Å². The summed E-state index contributed by atoms with van der Waals surface area (Å²) in [6, 6.07) is 9.81. The second-order valence-electron chi connectivity index (χ2n) is 2.80. The van der Waals surface area contributed by atoms with E-state index < -0.39 is 11.0 Å². The summed E-state index contributed by atoms with van der Waals surface area (Å²) >= 11 is 0. The molecule has 2 N–H and O–H groups in total. The van der Waals surface area contributed by atoms with Gasteiger partial charge in [-0.05, 0) is 19.1 Å². The van der Waals surface area contributed by atoms with Crippen molar-refractivity contribution in [1.82, 2.24) is 4.72 Å². The minimum Gasteiger partial charge on any atom is -0.369 e. The molecule has 0 aliphatic heterocycles. The molecule has 4 heteroatoms. The highest BCUT2D eigenvalue weighted by molar-refractivity contribution is 7.82. The lowest BCUT2D eigenvalue weighted by Gasteiger charge is -2.14. The lowest BCUT2D eigenvalue weighted by atomic mass is 10.3. The molecule has 0 aromatic heterocycles. The molecule has 1 aromatic carbocycles. The van der Waals surface area contributed by atoms with Crippen LogP contribution in [0.2, 0.25) is 0 Å². The molecular weight excluding hydrogens is 184 g/mol. The van der Waals surface area contributed by atoms with E-state index in [2.05, 4.69) is 10.0 Å². The van der Waals surface area contributed by atoms with Crippen LogP contribution in [0.1, 0.15) is 6.92 Å². The summed E-state index contributed by atoms with van der Waals surface area (Å²) in [6.45, 7) is 1.92. The van der Waals surface area contributed by atoms with E-state index in [-0.39, 0.29) is 6.17 Å². The SMILES string of the molecule is CC(Nc1ccccc1)NS(C)=O. The maximum absolute atomic E-state index is 10.8. The monoisotopic (exact) mass is 198 g/mol. The van der Waals surface area contributed by atoms with E-state index >= 15 is 0 Å². The number of anilines is 1. The van der Waals surface area contributed by atoms with Crippen molar-refractivity contribution in [2.24, 2.45) is 0 Å². The third kappa shape index (κ3) is 4.05. The molecule has 0 saturated carbocycles. The van der Waals surface area contributed by atoms with Crippen LogP contribution in [-0.4, -0.2) is 16.6 Å². The second kappa shape index (κ2) is 4.99. The highest BCUT2D eigenvalue weighted by Crippen LogP contribution is 2.05. The maximum atomic E-state index is 10.8. The summed E-state index contributed by atoms with van der Waals surface area (Å²) in [6.07, 6.45) is 1.62. The summed E-state index contributed by atoms with van der Waals surface area (Å²) in [4.78, 5) is 0. The molecule has 0 bridgehead atoms. The lowest BCUT2D eigenvalue weighted by Crippen LogP contribution is -2.34. The number of benzene rings is 1. The molecule has 1 rings (SSSR count). The third-order valence-electron chi connectivity index (χ3n) is 1.50. The zero-order valence-corrected chi connectivity index (χ0v) is 8.60. The number of hydrogen-bond acceptors (Lipinski definition) is 2.